The second-order valence-electron chi connectivity index (χ2n) is 8.03. The molecule has 33 heavy (non-hydrogen) atoms. The van der Waals surface area contributed by atoms with Crippen molar-refractivity contribution in [3.05, 3.63) is 54.6 Å². The predicted molar refractivity (Wildman–Crippen MR) is 130 cm³/mol. The second kappa shape index (κ2) is 12.3. The second-order valence-corrected chi connectivity index (χ2v) is 8.88. The van der Waals surface area contributed by atoms with E-state index in [9.17, 15) is 14.4 Å². The molecule has 1 heterocycles. The first-order valence-electron chi connectivity index (χ1n) is 11.1. The van der Waals surface area contributed by atoms with Gasteiger partial charge in [-0.3, -0.25) is 14.4 Å². The highest BCUT2D eigenvalue weighted by atomic mass is 32.2. The van der Waals surface area contributed by atoms with E-state index < -0.39 is 0 Å². The van der Waals surface area contributed by atoms with E-state index in [1.165, 1.54) is 4.90 Å². The molecule has 3 rings (SSSR count). The van der Waals surface area contributed by atoms with E-state index in [1.807, 2.05) is 60.9 Å². The number of hydrogen-bond acceptors (Lipinski definition) is 5. The van der Waals surface area contributed by atoms with Crippen molar-refractivity contribution in [2.45, 2.75) is 24.2 Å². The zero-order valence-electron chi connectivity index (χ0n) is 19.2. The van der Waals surface area contributed by atoms with Gasteiger partial charge >= 0.3 is 0 Å². The van der Waals surface area contributed by atoms with Crippen LogP contribution >= 0.6 is 11.8 Å². The summed E-state index contributed by atoms with van der Waals surface area (Å²) in [6, 6.07) is 17.0. The molecular weight excluding hydrogens is 438 g/mol. The molecule has 0 bridgehead atoms. The Bertz CT molecular complexity index is 954. The average molecular weight is 470 g/mol. The summed E-state index contributed by atoms with van der Waals surface area (Å²) in [5.41, 5.74) is 0.739. The molecule has 1 unspecified atom stereocenters. The fourth-order valence-electron chi connectivity index (χ4n) is 3.88. The van der Waals surface area contributed by atoms with Crippen LogP contribution < -0.4 is 10.1 Å². The minimum Gasteiger partial charge on any atom is -0.493 e. The molecule has 0 aliphatic carbocycles. The monoisotopic (exact) mass is 469 g/mol. The van der Waals surface area contributed by atoms with Gasteiger partial charge in [0.1, 0.15) is 5.75 Å². The number of piperidine rings is 1. The van der Waals surface area contributed by atoms with Crippen LogP contribution in [0.5, 0.6) is 5.75 Å². The van der Waals surface area contributed by atoms with Crippen LogP contribution in [0, 0.1) is 5.92 Å². The van der Waals surface area contributed by atoms with E-state index in [-0.39, 0.29) is 36.6 Å². The Morgan fingerprint density at radius 1 is 1.12 bits per heavy atom. The van der Waals surface area contributed by atoms with E-state index in [2.05, 4.69) is 5.32 Å². The maximum atomic E-state index is 13.0. The normalized spacial score (nSPS) is 15.6. The van der Waals surface area contributed by atoms with Crippen LogP contribution in [0.4, 0.5) is 5.69 Å². The summed E-state index contributed by atoms with van der Waals surface area (Å²) >= 11 is 1.55. The molecule has 1 fully saturated rings. The SMILES string of the molecule is CSc1ccccc1NC(=O)CN(C)C(=O)C1CCCN(C(=O)CCOc2ccccc2)C1. The molecule has 1 N–H and O–H groups in total. The summed E-state index contributed by atoms with van der Waals surface area (Å²) < 4.78 is 5.62. The summed E-state index contributed by atoms with van der Waals surface area (Å²) in [7, 11) is 1.64. The van der Waals surface area contributed by atoms with Crippen molar-refractivity contribution < 1.29 is 19.1 Å². The molecule has 2 aromatic rings. The van der Waals surface area contributed by atoms with E-state index >= 15 is 0 Å². The maximum absolute atomic E-state index is 13.0. The van der Waals surface area contributed by atoms with Gasteiger partial charge in [0.15, 0.2) is 0 Å². The molecule has 1 saturated heterocycles. The largest absolute Gasteiger partial charge is 0.493 e. The van der Waals surface area contributed by atoms with Gasteiger partial charge in [-0.2, -0.15) is 0 Å². The van der Waals surface area contributed by atoms with E-state index in [0.29, 0.717) is 26.1 Å². The number of carbonyl (C=O) groups is 3. The Hall–Kier alpha value is -3.00. The predicted octanol–water partition coefficient (Wildman–Crippen LogP) is 3.51. The van der Waals surface area contributed by atoms with Crippen molar-refractivity contribution >= 4 is 35.2 Å². The zero-order valence-corrected chi connectivity index (χ0v) is 20.0. The number of nitrogens with one attached hydrogen (secondary N) is 1. The summed E-state index contributed by atoms with van der Waals surface area (Å²) in [6.45, 7) is 1.29. The smallest absolute Gasteiger partial charge is 0.244 e. The fourth-order valence-corrected chi connectivity index (χ4v) is 4.43. The summed E-state index contributed by atoms with van der Waals surface area (Å²) in [4.78, 5) is 42.2. The quantitative estimate of drug-likeness (QED) is 0.569. The highest BCUT2D eigenvalue weighted by Crippen LogP contribution is 2.24. The fraction of sp³-hybridized carbons (Fsp3) is 0.400. The van der Waals surface area contributed by atoms with Crippen LogP contribution in [0.1, 0.15) is 19.3 Å². The van der Waals surface area contributed by atoms with Crippen molar-refractivity contribution in [3.63, 3.8) is 0 Å². The van der Waals surface area contributed by atoms with Gasteiger partial charge in [0, 0.05) is 25.0 Å². The molecule has 8 heteroatoms. The third-order valence-electron chi connectivity index (χ3n) is 5.59. The molecule has 0 spiro atoms. The molecule has 3 amide bonds. The summed E-state index contributed by atoms with van der Waals surface area (Å²) in [5, 5.41) is 2.88. The number of hydrogen-bond donors (Lipinski definition) is 1. The third kappa shape index (κ3) is 7.25. The van der Waals surface area contributed by atoms with Crippen LogP contribution in [0.15, 0.2) is 59.5 Å². The van der Waals surface area contributed by atoms with Gasteiger partial charge in [-0.25, -0.2) is 0 Å². The highest BCUT2D eigenvalue weighted by Gasteiger charge is 2.30. The molecule has 1 atom stereocenters. The molecule has 7 nitrogen and oxygen atoms in total. The number of para-hydroxylation sites is 2. The molecular formula is C25H31N3O4S. The van der Waals surface area contributed by atoms with Gasteiger partial charge in [-0.1, -0.05) is 30.3 Å². The lowest BCUT2D eigenvalue weighted by molar-refractivity contribution is -0.141. The molecule has 176 valence electrons. The van der Waals surface area contributed by atoms with Crippen molar-refractivity contribution in [3.8, 4) is 5.75 Å². The Kier molecular flexibility index (Phi) is 9.18. The van der Waals surface area contributed by atoms with Gasteiger partial charge in [0.05, 0.1) is 31.2 Å². The number of benzene rings is 2. The highest BCUT2D eigenvalue weighted by molar-refractivity contribution is 7.98. The first kappa shape index (κ1) is 24.6. The Labute approximate surface area is 199 Å². The van der Waals surface area contributed by atoms with Crippen molar-refractivity contribution in [1.82, 2.24) is 9.80 Å². The van der Waals surface area contributed by atoms with E-state index in [1.54, 1.807) is 23.7 Å². The Balaban J connectivity index is 1.46. The lowest BCUT2D eigenvalue weighted by Crippen LogP contribution is -2.47. The number of ether oxygens (including phenoxy) is 1. The summed E-state index contributed by atoms with van der Waals surface area (Å²) in [6.07, 6.45) is 3.70. The number of amides is 3. The van der Waals surface area contributed by atoms with Crippen LogP contribution in [-0.2, 0) is 14.4 Å². The lowest BCUT2D eigenvalue weighted by atomic mass is 9.96. The molecule has 2 aromatic carbocycles. The van der Waals surface area contributed by atoms with Crippen molar-refractivity contribution in [1.29, 1.82) is 0 Å². The number of likely N-dealkylation sites (N-methyl/N-ethyl adjacent to an activating group) is 1. The van der Waals surface area contributed by atoms with Gasteiger partial charge in [-0.05, 0) is 43.4 Å². The van der Waals surface area contributed by atoms with Crippen LogP contribution in [-0.4, -0.2) is 67.1 Å². The van der Waals surface area contributed by atoms with Gasteiger partial charge < -0.3 is 19.9 Å². The zero-order chi connectivity index (χ0) is 23.6. The number of anilines is 1. The topological polar surface area (TPSA) is 79.0 Å². The minimum absolute atomic E-state index is 0.0162. The first-order valence-corrected chi connectivity index (χ1v) is 12.3. The number of thioether (sulfide) groups is 1. The summed E-state index contributed by atoms with van der Waals surface area (Å²) in [5.74, 6) is 0.0686. The van der Waals surface area contributed by atoms with E-state index in [0.717, 1.165) is 22.8 Å². The van der Waals surface area contributed by atoms with Gasteiger partial charge in [0.2, 0.25) is 17.7 Å². The van der Waals surface area contributed by atoms with E-state index in [4.69, 9.17) is 4.74 Å². The van der Waals surface area contributed by atoms with Crippen molar-refractivity contribution in [2.24, 2.45) is 5.92 Å². The van der Waals surface area contributed by atoms with Gasteiger partial charge in [0.25, 0.3) is 0 Å². The van der Waals surface area contributed by atoms with Crippen molar-refractivity contribution in [2.75, 3.05) is 44.9 Å². The van der Waals surface area contributed by atoms with Gasteiger partial charge in [-0.15, -0.1) is 11.8 Å². The van der Waals surface area contributed by atoms with Crippen LogP contribution in [0.3, 0.4) is 0 Å². The number of nitrogens with zero attached hydrogens (tertiary/aromatic N) is 2. The Morgan fingerprint density at radius 3 is 2.61 bits per heavy atom. The average Bonchev–Trinajstić information content (AvgIpc) is 2.84. The van der Waals surface area contributed by atoms with Crippen LogP contribution in [0.2, 0.25) is 0 Å². The molecule has 0 saturated carbocycles. The third-order valence-corrected chi connectivity index (χ3v) is 6.39. The lowest BCUT2D eigenvalue weighted by Gasteiger charge is -2.34. The maximum Gasteiger partial charge on any atom is 0.244 e. The number of likely N-dealkylation sites (tertiary alicyclic amines) is 1. The Morgan fingerprint density at radius 2 is 1.85 bits per heavy atom. The molecule has 0 radical (unpaired) electrons. The number of rotatable bonds is 9. The minimum atomic E-state index is -0.297. The van der Waals surface area contributed by atoms with Crippen LogP contribution in [0.25, 0.3) is 0 Å². The number of carbonyl (C=O) groups excluding carboxylic acids is 3. The molecule has 1 aliphatic heterocycles. The molecule has 1 aliphatic rings. The first-order chi connectivity index (χ1) is 16.0. The standard InChI is InChI=1S/C25H31N3O4S/c1-27(18-23(29)26-21-12-6-7-13-22(21)33-2)25(31)19-9-8-15-28(17-19)24(30)14-16-32-20-10-4-3-5-11-20/h3-7,10-13,19H,8-9,14-18H2,1-2H3,(H,26,29). The molecule has 0 aromatic heterocycles.